The normalized spacial score (nSPS) is 20.2. The molecule has 1 aliphatic carbocycles. The van der Waals surface area contributed by atoms with Crippen molar-refractivity contribution in [1.82, 2.24) is 0 Å². The largest absolute Gasteiger partial charge is 0.431 e. The van der Waals surface area contributed by atoms with Crippen molar-refractivity contribution < 1.29 is 19.1 Å². The zero-order valence-corrected chi connectivity index (χ0v) is 16.1. The van der Waals surface area contributed by atoms with Crippen LogP contribution in [0.2, 0.25) is 0 Å². The van der Waals surface area contributed by atoms with Crippen molar-refractivity contribution >= 4 is 11.9 Å². The molecular weight excluding hydrogens is 328 g/mol. The molecule has 0 heterocycles. The van der Waals surface area contributed by atoms with E-state index in [2.05, 4.69) is 0 Å². The molecular formula is C22H28O4. The fourth-order valence-electron chi connectivity index (χ4n) is 2.93. The summed E-state index contributed by atoms with van der Waals surface area (Å²) in [7, 11) is 0. The van der Waals surface area contributed by atoms with Crippen LogP contribution < -0.4 is 4.74 Å². The van der Waals surface area contributed by atoms with Gasteiger partial charge in [0.15, 0.2) is 0 Å². The predicted molar refractivity (Wildman–Crippen MR) is 102 cm³/mol. The molecule has 1 saturated carbocycles. The Morgan fingerprint density at radius 1 is 0.885 bits per heavy atom. The van der Waals surface area contributed by atoms with Crippen LogP contribution in [0.4, 0.5) is 0 Å². The lowest BCUT2D eigenvalue weighted by atomic mass is 9.82. The number of benzene rings is 1. The van der Waals surface area contributed by atoms with Crippen LogP contribution >= 0.6 is 0 Å². The van der Waals surface area contributed by atoms with Gasteiger partial charge >= 0.3 is 11.9 Å². The lowest BCUT2D eigenvalue weighted by Gasteiger charge is -2.25. The summed E-state index contributed by atoms with van der Waals surface area (Å²) in [6, 6.07) is 7.44. The number of rotatable bonds is 5. The van der Waals surface area contributed by atoms with E-state index >= 15 is 0 Å². The van der Waals surface area contributed by atoms with Gasteiger partial charge in [-0.15, -0.1) is 0 Å². The van der Waals surface area contributed by atoms with Crippen LogP contribution in [0.15, 0.2) is 47.7 Å². The molecule has 1 fully saturated rings. The molecule has 0 unspecified atom stereocenters. The van der Waals surface area contributed by atoms with Gasteiger partial charge in [0, 0.05) is 0 Å². The van der Waals surface area contributed by atoms with Crippen molar-refractivity contribution in [2.45, 2.75) is 53.4 Å². The van der Waals surface area contributed by atoms with Crippen molar-refractivity contribution in [1.29, 1.82) is 0 Å². The first-order valence-electron chi connectivity index (χ1n) is 9.17. The maximum Gasteiger partial charge on any atom is 0.314 e. The minimum absolute atomic E-state index is 0.145. The molecule has 1 aromatic carbocycles. The highest BCUT2D eigenvalue weighted by molar-refractivity contribution is 5.77. The highest BCUT2D eigenvalue weighted by Crippen LogP contribution is 2.31. The molecule has 4 nitrogen and oxygen atoms in total. The van der Waals surface area contributed by atoms with E-state index in [0.29, 0.717) is 37.2 Å². The minimum atomic E-state index is -0.208. The Kier molecular flexibility index (Phi) is 7.19. The standard InChI is InChI=1S/C22H28O4/c1-15(2)5-8-17(4)25-21(23)18-9-11-19(12-10-18)22(24)26-20-13-6-16(3)7-14-20/h5-8,13-14,18-19H,9-12H2,1-4H3/b17-8+. The zero-order valence-electron chi connectivity index (χ0n) is 16.1. The predicted octanol–water partition coefficient (Wildman–Crippen LogP) is 5.12. The molecule has 0 spiro atoms. The van der Waals surface area contributed by atoms with E-state index in [4.69, 9.17) is 9.47 Å². The smallest absolute Gasteiger partial charge is 0.314 e. The summed E-state index contributed by atoms with van der Waals surface area (Å²) < 4.78 is 10.9. The number of hydrogen-bond donors (Lipinski definition) is 0. The van der Waals surface area contributed by atoms with Crippen molar-refractivity contribution in [3.8, 4) is 5.75 Å². The van der Waals surface area contributed by atoms with Crippen molar-refractivity contribution in [3.63, 3.8) is 0 Å². The van der Waals surface area contributed by atoms with Gasteiger partial charge in [-0.3, -0.25) is 9.59 Å². The number of ether oxygens (including phenoxy) is 2. The highest BCUT2D eigenvalue weighted by atomic mass is 16.5. The molecule has 1 aliphatic rings. The van der Waals surface area contributed by atoms with Gasteiger partial charge in [-0.25, -0.2) is 0 Å². The van der Waals surface area contributed by atoms with E-state index < -0.39 is 0 Å². The third-order valence-corrected chi connectivity index (χ3v) is 4.55. The second kappa shape index (κ2) is 9.37. The average molecular weight is 356 g/mol. The van der Waals surface area contributed by atoms with Crippen LogP contribution in [0.1, 0.15) is 52.0 Å². The van der Waals surface area contributed by atoms with Crippen LogP contribution in [0.25, 0.3) is 0 Å². The second-order valence-corrected chi connectivity index (χ2v) is 7.23. The van der Waals surface area contributed by atoms with Gasteiger partial charge in [-0.05, 0) is 71.6 Å². The van der Waals surface area contributed by atoms with Crippen LogP contribution in [-0.4, -0.2) is 11.9 Å². The summed E-state index contributed by atoms with van der Waals surface area (Å²) in [5.41, 5.74) is 2.27. The molecule has 0 aliphatic heterocycles. The molecule has 1 aromatic rings. The van der Waals surface area contributed by atoms with Gasteiger partial charge in [0.05, 0.1) is 11.8 Å². The number of aryl methyl sites for hydroxylation is 1. The van der Waals surface area contributed by atoms with Gasteiger partial charge in [-0.2, -0.15) is 0 Å². The summed E-state index contributed by atoms with van der Waals surface area (Å²) >= 11 is 0. The average Bonchev–Trinajstić information content (AvgIpc) is 2.62. The molecule has 0 saturated heterocycles. The molecule has 0 radical (unpaired) electrons. The fourth-order valence-corrected chi connectivity index (χ4v) is 2.93. The summed E-state index contributed by atoms with van der Waals surface area (Å²) in [5.74, 6) is 0.460. The Morgan fingerprint density at radius 2 is 1.42 bits per heavy atom. The molecule has 4 heteroatoms. The monoisotopic (exact) mass is 356 g/mol. The molecule has 0 amide bonds. The van der Waals surface area contributed by atoms with Crippen LogP contribution in [0.5, 0.6) is 5.75 Å². The number of hydrogen-bond acceptors (Lipinski definition) is 4. The number of esters is 2. The van der Waals surface area contributed by atoms with E-state index in [9.17, 15) is 9.59 Å². The number of allylic oxidation sites excluding steroid dienone is 4. The molecule has 140 valence electrons. The first-order chi connectivity index (χ1) is 12.3. The SMILES string of the molecule is CC(C)=C/C=C(\C)OC(=O)C1CCC(C(=O)Oc2ccc(C)cc2)CC1. The summed E-state index contributed by atoms with van der Waals surface area (Å²) in [6.45, 7) is 7.75. The van der Waals surface area contributed by atoms with Crippen molar-refractivity contribution in [3.05, 3.63) is 53.3 Å². The Hall–Kier alpha value is -2.36. The quantitative estimate of drug-likeness (QED) is 0.318. The van der Waals surface area contributed by atoms with E-state index in [1.807, 2.05) is 39.0 Å². The molecule has 0 atom stereocenters. The topological polar surface area (TPSA) is 52.6 Å². The highest BCUT2D eigenvalue weighted by Gasteiger charge is 2.32. The van der Waals surface area contributed by atoms with Gasteiger partial charge in [0.25, 0.3) is 0 Å². The Labute approximate surface area is 155 Å². The minimum Gasteiger partial charge on any atom is -0.431 e. The van der Waals surface area contributed by atoms with E-state index in [1.165, 1.54) is 0 Å². The van der Waals surface area contributed by atoms with Gasteiger partial charge in [-0.1, -0.05) is 29.3 Å². The van der Waals surface area contributed by atoms with Crippen molar-refractivity contribution in [2.24, 2.45) is 11.8 Å². The Morgan fingerprint density at radius 3 is 1.96 bits per heavy atom. The summed E-state index contributed by atoms with van der Waals surface area (Å²) in [5, 5.41) is 0. The molecule has 0 N–H and O–H groups in total. The van der Waals surface area contributed by atoms with Gasteiger partial charge < -0.3 is 9.47 Å². The van der Waals surface area contributed by atoms with E-state index in [1.54, 1.807) is 25.1 Å². The second-order valence-electron chi connectivity index (χ2n) is 7.23. The van der Waals surface area contributed by atoms with E-state index in [0.717, 1.165) is 11.1 Å². The maximum absolute atomic E-state index is 12.3. The Balaban J connectivity index is 1.81. The summed E-state index contributed by atoms with van der Waals surface area (Å²) in [6.07, 6.45) is 6.34. The van der Waals surface area contributed by atoms with Crippen LogP contribution in [-0.2, 0) is 14.3 Å². The number of carbonyl (C=O) groups is 2. The van der Waals surface area contributed by atoms with Gasteiger partial charge in [0.2, 0.25) is 0 Å². The van der Waals surface area contributed by atoms with Crippen molar-refractivity contribution in [2.75, 3.05) is 0 Å². The van der Waals surface area contributed by atoms with E-state index in [-0.39, 0.29) is 23.8 Å². The maximum atomic E-state index is 12.3. The zero-order chi connectivity index (χ0) is 19.1. The summed E-state index contributed by atoms with van der Waals surface area (Å²) in [4.78, 5) is 24.6. The lowest BCUT2D eigenvalue weighted by molar-refractivity contribution is -0.148. The molecule has 0 bridgehead atoms. The molecule has 0 aromatic heterocycles. The van der Waals surface area contributed by atoms with Crippen LogP contribution in [0.3, 0.4) is 0 Å². The first-order valence-corrected chi connectivity index (χ1v) is 9.17. The lowest BCUT2D eigenvalue weighted by Crippen LogP contribution is -2.29. The number of carbonyl (C=O) groups excluding carboxylic acids is 2. The Bertz CT molecular complexity index is 685. The van der Waals surface area contributed by atoms with Gasteiger partial charge in [0.1, 0.15) is 11.5 Å². The molecule has 2 rings (SSSR count). The fraction of sp³-hybridized carbons (Fsp3) is 0.455. The first kappa shape index (κ1) is 20.0. The third kappa shape index (κ3) is 6.17. The third-order valence-electron chi connectivity index (χ3n) is 4.55. The molecule has 26 heavy (non-hydrogen) atoms. The van der Waals surface area contributed by atoms with Crippen LogP contribution in [0, 0.1) is 18.8 Å².